The maximum absolute atomic E-state index is 13.9. The minimum absolute atomic E-state index is 0.187. The van der Waals surface area contributed by atoms with E-state index < -0.39 is 6.04 Å². The molecule has 178 valence electrons. The number of allylic oxidation sites excluding steroid dienone is 1. The summed E-state index contributed by atoms with van der Waals surface area (Å²) < 4.78 is 13.1. The van der Waals surface area contributed by atoms with Gasteiger partial charge in [0.1, 0.15) is 11.5 Å². The number of benzene rings is 3. The molecule has 3 aromatic carbocycles. The summed E-state index contributed by atoms with van der Waals surface area (Å²) >= 11 is 0. The summed E-state index contributed by atoms with van der Waals surface area (Å²) in [5.41, 5.74) is 6.93. The summed E-state index contributed by atoms with van der Waals surface area (Å²) in [6.07, 6.45) is 0. The number of para-hydroxylation sites is 2. The third kappa shape index (κ3) is 3.89. The summed E-state index contributed by atoms with van der Waals surface area (Å²) in [6, 6.07) is 19.0. The Bertz CT molecular complexity index is 1490. The largest absolute Gasteiger partial charge is 0.497 e. The van der Waals surface area contributed by atoms with Crippen molar-refractivity contribution >= 4 is 34.3 Å². The third-order valence-electron chi connectivity index (χ3n) is 6.47. The molecular formula is C28H28N4O3. The lowest BCUT2D eigenvalue weighted by Crippen LogP contribution is -2.30. The van der Waals surface area contributed by atoms with Gasteiger partial charge in [-0.15, -0.1) is 0 Å². The molecule has 2 N–H and O–H groups in total. The molecule has 5 rings (SSSR count). The van der Waals surface area contributed by atoms with Gasteiger partial charge in [0.25, 0.3) is 5.91 Å². The minimum atomic E-state index is -0.481. The van der Waals surface area contributed by atoms with E-state index in [-0.39, 0.29) is 5.91 Å². The molecule has 0 radical (unpaired) electrons. The minimum Gasteiger partial charge on any atom is -0.497 e. The van der Waals surface area contributed by atoms with Crippen LogP contribution in [-0.2, 0) is 4.79 Å². The average Bonchev–Trinajstić information content (AvgIpc) is 3.24. The third-order valence-corrected chi connectivity index (χ3v) is 6.47. The van der Waals surface area contributed by atoms with E-state index in [1.165, 1.54) is 0 Å². The van der Waals surface area contributed by atoms with Gasteiger partial charge in [-0.05, 0) is 56.7 Å². The number of rotatable bonds is 5. The second kappa shape index (κ2) is 8.83. The molecule has 1 amide bonds. The number of hydrogen-bond donors (Lipinski definition) is 2. The fourth-order valence-corrected chi connectivity index (χ4v) is 4.72. The highest BCUT2D eigenvalue weighted by atomic mass is 16.5. The monoisotopic (exact) mass is 468 g/mol. The van der Waals surface area contributed by atoms with Crippen LogP contribution in [0.3, 0.4) is 0 Å². The molecule has 0 bridgehead atoms. The Balaban J connectivity index is 1.68. The molecule has 2 heterocycles. The number of carbonyl (C=O) groups is 1. The van der Waals surface area contributed by atoms with Crippen LogP contribution < -0.4 is 20.1 Å². The van der Waals surface area contributed by atoms with Gasteiger partial charge in [0, 0.05) is 23.0 Å². The lowest BCUT2D eigenvalue weighted by atomic mass is 9.93. The van der Waals surface area contributed by atoms with Crippen molar-refractivity contribution in [3.05, 3.63) is 82.9 Å². The van der Waals surface area contributed by atoms with Crippen molar-refractivity contribution in [3.8, 4) is 11.5 Å². The van der Waals surface area contributed by atoms with Gasteiger partial charge in [-0.1, -0.05) is 29.8 Å². The lowest BCUT2D eigenvalue weighted by molar-refractivity contribution is -0.113. The highest BCUT2D eigenvalue weighted by Crippen LogP contribution is 2.42. The molecule has 1 aliphatic heterocycles. The average molecular weight is 469 g/mol. The summed E-state index contributed by atoms with van der Waals surface area (Å²) in [5.74, 6) is 1.79. The van der Waals surface area contributed by atoms with Crippen LogP contribution in [0.15, 0.2) is 66.2 Å². The van der Waals surface area contributed by atoms with Gasteiger partial charge < -0.3 is 20.1 Å². The molecule has 1 aliphatic rings. The zero-order chi connectivity index (χ0) is 24.7. The van der Waals surface area contributed by atoms with Gasteiger partial charge in [-0.25, -0.2) is 4.98 Å². The molecule has 35 heavy (non-hydrogen) atoms. The highest BCUT2D eigenvalue weighted by molar-refractivity contribution is 6.10. The van der Waals surface area contributed by atoms with Crippen molar-refractivity contribution in [1.29, 1.82) is 0 Å². The Morgan fingerprint density at radius 3 is 2.54 bits per heavy atom. The first-order chi connectivity index (χ1) is 16.9. The van der Waals surface area contributed by atoms with Crippen molar-refractivity contribution in [2.45, 2.75) is 26.8 Å². The molecule has 7 nitrogen and oxygen atoms in total. The van der Waals surface area contributed by atoms with Crippen molar-refractivity contribution < 1.29 is 14.3 Å². The topological polar surface area (TPSA) is 77.4 Å². The predicted octanol–water partition coefficient (Wildman–Crippen LogP) is 5.71. The number of imidazole rings is 1. The Morgan fingerprint density at radius 2 is 1.80 bits per heavy atom. The number of ether oxygens (including phenoxy) is 2. The number of aryl methyl sites for hydroxylation is 2. The Labute approximate surface area is 204 Å². The molecule has 1 atom stereocenters. The van der Waals surface area contributed by atoms with Gasteiger partial charge in [0.2, 0.25) is 5.95 Å². The van der Waals surface area contributed by atoms with E-state index in [1.807, 2.05) is 79.9 Å². The van der Waals surface area contributed by atoms with Gasteiger partial charge in [-0.2, -0.15) is 0 Å². The first-order valence-electron chi connectivity index (χ1n) is 11.5. The van der Waals surface area contributed by atoms with Crippen molar-refractivity contribution in [2.24, 2.45) is 0 Å². The van der Waals surface area contributed by atoms with Crippen LogP contribution in [0.1, 0.15) is 29.7 Å². The van der Waals surface area contributed by atoms with Gasteiger partial charge in [0.15, 0.2) is 0 Å². The van der Waals surface area contributed by atoms with Crippen molar-refractivity contribution in [1.82, 2.24) is 9.55 Å². The number of anilines is 2. The van der Waals surface area contributed by atoms with E-state index in [0.29, 0.717) is 23.0 Å². The zero-order valence-corrected chi connectivity index (χ0v) is 20.5. The smallest absolute Gasteiger partial charge is 0.255 e. The number of carbonyl (C=O) groups excluding carboxylic acids is 1. The van der Waals surface area contributed by atoms with Gasteiger partial charge >= 0.3 is 0 Å². The fraction of sp³-hybridized carbons (Fsp3) is 0.214. The van der Waals surface area contributed by atoms with Gasteiger partial charge in [-0.3, -0.25) is 9.36 Å². The molecule has 1 aromatic heterocycles. The summed E-state index contributed by atoms with van der Waals surface area (Å²) in [4.78, 5) is 18.7. The van der Waals surface area contributed by atoms with Crippen LogP contribution in [0, 0.1) is 13.8 Å². The van der Waals surface area contributed by atoms with E-state index in [9.17, 15) is 4.79 Å². The van der Waals surface area contributed by atoms with E-state index in [0.717, 1.165) is 39.1 Å². The zero-order valence-electron chi connectivity index (χ0n) is 20.5. The predicted molar refractivity (Wildman–Crippen MR) is 139 cm³/mol. The first kappa shape index (κ1) is 22.5. The summed E-state index contributed by atoms with van der Waals surface area (Å²) in [7, 11) is 3.23. The highest BCUT2D eigenvalue weighted by Gasteiger charge is 2.34. The number of hydrogen-bond acceptors (Lipinski definition) is 5. The van der Waals surface area contributed by atoms with Gasteiger partial charge in [0.05, 0.1) is 36.9 Å². The molecule has 7 heteroatoms. The van der Waals surface area contributed by atoms with Crippen LogP contribution in [0.2, 0.25) is 0 Å². The molecule has 0 saturated heterocycles. The Morgan fingerprint density at radius 1 is 1.00 bits per heavy atom. The van der Waals surface area contributed by atoms with E-state index in [1.54, 1.807) is 14.2 Å². The van der Waals surface area contributed by atoms with Crippen LogP contribution >= 0.6 is 0 Å². The Hall–Kier alpha value is -4.26. The number of fused-ring (bicyclic) bond motifs is 3. The maximum Gasteiger partial charge on any atom is 0.255 e. The second-order valence-corrected chi connectivity index (χ2v) is 8.72. The number of nitrogens with one attached hydrogen (secondary N) is 2. The molecule has 0 spiro atoms. The number of methoxy groups -OCH3 is 2. The normalized spacial score (nSPS) is 14.9. The molecule has 0 aliphatic carbocycles. The van der Waals surface area contributed by atoms with Crippen molar-refractivity contribution in [3.63, 3.8) is 0 Å². The van der Waals surface area contributed by atoms with Crippen LogP contribution in [0.25, 0.3) is 16.7 Å². The molecule has 0 saturated carbocycles. The molecule has 0 fully saturated rings. The molecule has 0 unspecified atom stereocenters. The fourth-order valence-electron chi connectivity index (χ4n) is 4.72. The van der Waals surface area contributed by atoms with E-state index >= 15 is 0 Å². The molecular weight excluding hydrogens is 440 g/mol. The van der Waals surface area contributed by atoms with Crippen LogP contribution in [-0.4, -0.2) is 29.7 Å². The number of amides is 1. The van der Waals surface area contributed by atoms with E-state index in [4.69, 9.17) is 14.5 Å². The van der Waals surface area contributed by atoms with Crippen LogP contribution in [0.5, 0.6) is 11.5 Å². The lowest BCUT2D eigenvalue weighted by Gasteiger charge is -2.31. The van der Waals surface area contributed by atoms with Crippen molar-refractivity contribution in [2.75, 3.05) is 24.9 Å². The SMILES string of the molecule is COc1ccc([C@H]2Nc3nc4ccccc4n3C(C)=C2C(=O)Nc2ccc(C)cc2C)c(OC)c1. The van der Waals surface area contributed by atoms with Crippen LogP contribution in [0.4, 0.5) is 11.6 Å². The van der Waals surface area contributed by atoms with E-state index in [2.05, 4.69) is 16.7 Å². The Kier molecular flexibility index (Phi) is 5.68. The second-order valence-electron chi connectivity index (χ2n) is 8.72. The maximum atomic E-state index is 13.9. The first-order valence-corrected chi connectivity index (χ1v) is 11.5. The standard InChI is InChI=1S/C28H28N4O3/c1-16-10-13-21(17(2)14-16)29-27(33)25-18(3)32-23-9-7-6-8-22(23)30-28(32)31-26(25)20-12-11-19(34-4)15-24(20)35-5/h6-15,26H,1-5H3,(H,29,33)(H,30,31)/t26-/m1/s1. The summed E-state index contributed by atoms with van der Waals surface area (Å²) in [5, 5.41) is 6.63. The number of aromatic nitrogens is 2. The quantitative estimate of drug-likeness (QED) is 0.393. The summed E-state index contributed by atoms with van der Waals surface area (Å²) in [6.45, 7) is 5.99. The molecule has 4 aromatic rings. The number of nitrogens with zero attached hydrogens (tertiary/aromatic N) is 2.